The van der Waals surface area contributed by atoms with E-state index < -0.39 is 6.03 Å². The van der Waals surface area contributed by atoms with E-state index in [0.717, 1.165) is 31.9 Å². The fourth-order valence-corrected chi connectivity index (χ4v) is 3.28. The van der Waals surface area contributed by atoms with Crippen molar-refractivity contribution in [2.24, 2.45) is 0 Å². The third-order valence-electron chi connectivity index (χ3n) is 4.76. The largest absolute Gasteiger partial charge is 0.367 e. The number of hydrogen-bond acceptors (Lipinski definition) is 6. The third-order valence-corrected chi connectivity index (χ3v) is 4.76. The van der Waals surface area contributed by atoms with E-state index in [0.29, 0.717) is 11.4 Å². The second-order valence-corrected chi connectivity index (χ2v) is 6.94. The molecule has 0 atom stereocenters. The number of benzene rings is 1. The van der Waals surface area contributed by atoms with Crippen LogP contribution in [0.15, 0.2) is 67.0 Å². The molecule has 4 rings (SSSR count). The lowest BCUT2D eigenvalue weighted by atomic mass is 10.2. The first-order valence-electron chi connectivity index (χ1n) is 10.0. The molecule has 1 aliphatic heterocycles. The molecule has 3 aromatic rings. The van der Waals surface area contributed by atoms with Crippen LogP contribution in [0, 0.1) is 0 Å². The molecular weight excluding hydrogens is 394 g/mol. The molecule has 0 radical (unpaired) electrons. The average molecular weight is 417 g/mol. The quantitative estimate of drug-likeness (QED) is 0.508. The van der Waals surface area contributed by atoms with Crippen molar-refractivity contribution < 1.29 is 9.59 Å². The zero-order valence-corrected chi connectivity index (χ0v) is 16.8. The van der Waals surface area contributed by atoms with E-state index in [1.165, 1.54) is 0 Å². The molecular formula is C22H23N7O2. The summed E-state index contributed by atoms with van der Waals surface area (Å²) in [5, 5.41) is 11.6. The van der Waals surface area contributed by atoms with Gasteiger partial charge in [0, 0.05) is 38.1 Å². The van der Waals surface area contributed by atoms with Gasteiger partial charge in [-0.3, -0.25) is 15.1 Å². The Morgan fingerprint density at radius 3 is 2.52 bits per heavy atom. The van der Waals surface area contributed by atoms with Gasteiger partial charge >= 0.3 is 6.03 Å². The van der Waals surface area contributed by atoms with Gasteiger partial charge in [0.1, 0.15) is 11.5 Å². The van der Waals surface area contributed by atoms with Crippen LogP contribution in [0.2, 0.25) is 0 Å². The minimum Gasteiger partial charge on any atom is -0.367 e. The number of urea groups is 1. The van der Waals surface area contributed by atoms with Crippen LogP contribution in [0.25, 0.3) is 0 Å². The van der Waals surface area contributed by atoms with E-state index in [4.69, 9.17) is 0 Å². The van der Waals surface area contributed by atoms with Gasteiger partial charge in [-0.2, -0.15) is 0 Å². The summed E-state index contributed by atoms with van der Waals surface area (Å²) >= 11 is 0. The molecule has 0 unspecified atom stereocenters. The monoisotopic (exact) mass is 417 g/mol. The topological polar surface area (TPSA) is 111 Å². The second-order valence-electron chi connectivity index (χ2n) is 6.94. The zero-order chi connectivity index (χ0) is 21.5. The molecule has 9 nitrogen and oxygen atoms in total. The number of para-hydroxylation sites is 1. The van der Waals surface area contributed by atoms with Crippen molar-refractivity contribution in [3.8, 4) is 0 Å². The van der Waals surface area contributed by atoms with Gasteiger partial charge in [-0.1, -0.05) is 24.3 Å². The van der Waals surface area contributed by atoms with Crippen LogP contribution in [-0.2, 0) is 0 Å². The summed E-state index contributed by atoms with van der Waals surface area (Å²) in [5.41, 5.74) is 2.39. The maximum atomic E-state index is 12.8. The molecule has 1 aromatic carbocycles. The maximum absolute atomic E-state index is 12.8. The highest BCUT2D eigenvalue weighted by atomic mass is 16.2. The van der Waals surface area contributed by atoms with Crippen molar-refractivity contribution in [3.63, 3.8) is 0 Å². The Labute approximate surface area is 179 Å². The van der Waals surface area contributed by atoms with Crippen molar-refractivity contribution in [3.05, 3.63) is 72.7 Å². The molecule has 158 valence electrons. The Kier molecular flexibility index (Phi) is 6.34. The number of hydrogen-bond donors (Lipinski definition) is 4. The van der Waals surface area contributed by atoms with Crippen molar-refractivity contribution >= 4 is 34.8 Å². The summed E-state index contributed by atoms with van der Waals surface area (Å²) in [6.07, 6.45) is 3.34. The SMILES string of the molecule is O=C(Nc1ccccc1)Nc1cccc(C(=O)Nc2cnccc2N2CCNCC2)n1. The molecule has 1 saturated heterocycles. The summed E-state index contributed by atoms with van der Waals surface area (Å²) in [4.78, 5) is 35.6. The van der Waals surface area contributed by atoms with Crippen LogP contribution >= 0.6 is 0 Å². The van der Waals surface area contributed by atoms with Crippen LogP contribution in [0.3, 0.4) is 0 Å². The van der Waals surface area contributed by atoms with E-state index in [2.05, 4.69) is 36.1 Å². The van der Waals surface area contributed by atoms with Crippen LogP contribution in [0.5, 0.6) is 0 Å². The lowest BCUT2D eigenvalue weighted by Gasteiger charge is -2.30. The van der Waals surface area contributed by atoms with Crippen molar-refractivity contribution in [1.82, 2.24) is 15.3 Å². The number of nitrogens with zero attached hydrogens (tertiary/aromatic N) is 3. The van der Waals surface area contributed by atoms with Gasteiger partial charge in [-0.25, -0.2) is 9.78 Å². The van der Waals surface area contributed by atoms with Crippen molar-refractivity contribution in [2.75, 3.05) is 47.0 Å². The summed E-state index contributed by atoms with van der Waals surface area (Å²) in [5.74, 6) is -0.105. The highest BCUT2D eigenvalue weighted by Crippen LogP contribution is 2.25. The second kappa shape index (κ2) is 9.68. The minimum atomic E-state index is -0.440. The molecule has 4 N–H and O–H groups in total. The van der Waals surface area contributed by atoms with Crippen molar-refractivity contribution in [1.29, 1.82) is 0 Å². The van der Waals surface area contributed by atoms with E-state index in [1.54, 1.807) is 42.7 Å². The zero-order valence-electron chi connectivity index (χ0n) is 16.8. The number of nitrogens with one attached hydrogen (secondary N) is 4. The van der Waals surface area contributed by atoms with Crippen LogP contribution in [0.4, 0.5) is 27.7 Å². The molecule has 31 heavy (non-hydrogen) atoms. The molecule has 3 heterocycles. The number of amides is 3. The molecule has 9 heteroatoms. The predicted octanol–water partition coefficient (Wildman–Crippen LogP) is 2.78. The van der Waals surface area contributed by atoms with Gasteiger partial charge in [0.05, 0.1) is 17.6 Å². The summed E-state index contributed by atoms with van der Waals surface area (Å²) in [6.45, 7) is 3.47. The molecule has 1 aliphatic rings. The minimum absolute atomic E-state index is 0.188. The van der Waals surface area contributed by atoms with E-state index in [-0.39, 0.29) is 17.4 Å². The highest BCUT2D eigenvalue weighted by Gasteiger charge is 2.17. The Morgan fingerprint density at radius 1 is 0.903 bits per heavy atom. The predicted molar refractivity (Wildman–Crippen MR) is 121 cm³/mol. The smallest absolute Gasteiger partial charge is 0.324 e. The van der Waals surface area contributed by atoms with Gasteiger partial charge in [0.2, 0.25) is 0 Å². The molecule has 2 aromatic heterocycles. The van der Waals surface area contributed by atoms with E-state index in [9.17, 15) is 9.59 Å². The van der Waals surface area contributed by atoms with Gasteiger partial charge in [0.25, 0.3) is 5.91 Å². The van der Waals surface area contributed by atoms with Gasteiger partial charge in [-0.15, -0.1) is 0 Å². The Balaban J connectivity index is 1.43. The first-order valence-corrected chi connectivity index (χ1v) is 10.0. The first kappa shape index (κ1) is 20.3. The maximum Gasteiger partial charge on any atom is 0.324 e. The standard InChI is InChI=1S/C22H23N7O2/c30-21(27-18-15-24-10-9-19(18)29-13-11-23-12-14-29)17-7-4-8-20(26-17)28-22(31)25-16-5-2-1-3-6-16/h1-10,15,23H,11-14H2,(H,27,30)(H2,25,26,28,31). The summed E-state index contributed by atoms with van der Waals surface area (Å²) < 4.78 is 0. The fourth-order valence-electron chi connectivity index (χ4n) is 3.28. The van der Waals surface area contributed by atoms with Gasteiger partial charge in [-0.05, 0) is 30.3 Å². The first-order chi connectivity index (χ1) is 15.2. The van der Waals surface area contributed by atoms with Crippen molar-refractivity contribution in [2.45, 2.75) is 0 Å². The van der Waals surface area contributed by atoms with E-state index in [1.807, 2.05) is 24.3 Å². The van der Waals surface area contributed by atoms with Gasteiger partial charge < -0.3 is 20.9 Å². The molecule has 0 saturated carbocycles. The summed E-state index contributed by atoms with van der Waals surface area (Å²) in [6, 6.07) is 15.4. The fraction of sp³-hybridized carbons (Fsp3) is 0.182. The number of carbonyl (C=O) groups is 2. The number of anilines is 4. The van der Waals surface area contributed by atoms with Crippen LogP contribution in [0.1, 0.15) is 10.5 Å². The number of carbonyl (C=O) groups excluding carboxylic acids is 2. The number of aromatic nitrogens is 2. The third kappa shape index (κ3) is 5.34. The molecule has 0 aliphatic carbocycles. The Bertz CT molecular complexity index is 1050. The highest BCUT2D eigenvalue weighted by molar-refractivity contribution is 6.05. The number of pyridine rings is 2. The van der Waals surface area contributed by atoms with Crippen LogP contribution in [-0.4, -0.2) is 48.1 Å². The Morgan fingerprint density at radius 2 is 1.71 bits per heavy atom. The molecule has 0 spiro atoms. The molecule has 3 amide bonds. The Hall–Kier alpha value is -3.98. The lowest BCUT2D eigenvalue weighted by molar-refractivity contribution is 0.102. The van der Waals surface area contributed by atoms with E-state index >= 15 is 0 Å². The molecule has 1 fully saturated rings. The average Bonchev–Trinajstić information content (AvgIpc) is 2.81. The summed E-state index contributed by atoms with van der Waals surface area (Å²) in [7, 11) is 0. The number of piperazine rings is 1. The van der Waals surface area contributed by atoms with Crippen LogP contribution < -0.4 is 26.2 Å². The normalized spacial score (nSPS) is 13.4. The molecule has 0 bridgehead atoms. The number of rotatable bonds is 5. The van der Waals surface area contributed by atoms with Gasteiger partial charge in [0.15, 0.2) is 0 Å². The lowest BCUT2D eigenvalue weighted by Crippen LogP contribution is -2.43.